The van der Waals surface area contributed by atoms with E-state index in [2.05, 4.69) is 6.58 Å². The molecule has 0 N–H and O–H groups in total. The molecule has 0 fully saturated rings. The van der Waals surface area contributed by atoms with Gasteiger partial charge in [-0.05, 0) is 27.2 Å². The van der Waals surface area contributed by atoms with Gasteiger partial charge in [0.05, 0.1) is 6.54 Å². The molecule has 0 spiro atoms. The zero-order chi connectivity index (χ0) is 17.7. The molecule has 8 heteroatoms. The molecule has 0 aliphatic heterocycles. The van der Waals surface area contributed by atoms with E-state index in [1.165, 1.54) is 6.92 Å². The molecular weight excluding hydrogens is 302 g/mol. The second-order valence-electron chi connectivity index (χ2n) is 5.16. The third kappa shape index (κ3) is 3.88. The smallest absolute Gasteiger partial charge is 0.336 e. The minimum absolute atomic E-state index is 0.104. The van der Waals surface area contributed by atoms with Crippen LogP contribution in [0.5, 0.6) is 0 Å². The van der Waals surface area contributed by atoms with Crippen molar-refractivity contribution >= 4 is 5.97 Å². The van der Waals surface area contributed by atoms with Crippen LogP contribution in [0.25, 0.3) is 0 Å². The fourth-order valence-electron chi connectivity index (χ4n) is 2.09. The van der Waals surface area contributed by atoms with Crippen molar-refractivity contribution in [2.75, 3.05) is 0 Å². The molecule has 1 heterocycles. The van der Waals surface area contributed by atoms with Crippen LogP contribution in [0.4, 0.5) is 0 Å². The lowest BCUT2D eigenvalue weighted by Gasteiger charge is -2.18. The summed E-state index contributed by atoms with van der Waals surface area (Å²) in [5.74, 6) is -0.579. The lowest BCUT2D eigenvalue weighted by molar-refractivity contribution is -0.145. The molecule has 8 nitrogen and oxygen atoms in total. The molecule has 0 aliphatic rings. The fourth-order valence-corrected chi connectivity index (χ4v) is 2.09. The molecule has 23 heavy (non-hydrogen) atoms. The van der Waals surface area contributed by atoms with E-state index in [0.29, 0.717) is 6.42 Å². The van der Waals surface area contributed by atoms with Crippen LogP contribution >= 0.6 is 0 Å². The molecule has 1 unspecified atom stereocenters. The number of esters is 1. The van der Waals surface area contributed by atoms with Gasteiger partial charge in [-0.1, -0.05) is 13.5 Å². The van der Waals surface area contributed by atoms with Gasteiger partial charge in [0, 0.05) is 18.7 Å². The Kier molecular flexibility index (Phi) is 6.29. The Labute approximate surface area is 133 Å². The van der Waals surface area contributed by atoms with Crippen LogP contribution in [0, 0.1) is 0 Å². The minimum atomic E-state index is -0.697. The zero-order valence-electron chi connectivity index (χ0n) is 14.0. The zero-order valence-corrected chi connectivity index (χ0v) is 14.0. The van der Waals surface area contributed by atoms with E-state index in [1.807, 2.05) is 0 Å². The second-order valence-corrected chi connectivity index (χ2v) is 5.16. The maximum Gasteiger partial charge on any atom is 0.336 e. The first-order valence-corrected chi connectivity index (χ1v) is 7.59. The number of ether oxygens (including phenoxy) is 1. The molecule has 0 amide bonds. The van der Waals surface area contributed by atoms with Crippen LogP contribution < -0.4 is 17.1 Å². The highest BCUT2D eigenvalue weighted by molar-refractivity contribution is 5.87. The van der Waals surface area contributed by atoms with Crippen LogP contribution in [0.15, 0.2) is 26.5 Å². The summed E-state index contributed by atoms with van der Waals surface area (Å²) in [6.07, 6.45) is -0.236. The van der Waals surface area contributed by atoms with Gasteiger partial charge in [0.2, 0.25) is 0 Å². The number of hydrogen-bond donors (Lipinski definition) is 0. The van der Waals surface area contributed by atoms with Gasteiger partial charge >= 0.3 is 23.0 Å². The van der Waals surface area contributed by atoms with Gasteiger partial charge in [0.15, 0.2) is 0 Å². The Bertz CT molecular complexity index is 727. The summed E-state index contributed by atoms with van der Waals surface area (Å²) >= 11 is 0. The third-order valence-corrected chi connectivity index (χ3v) is 3.48. The average molecular weight is 325 g/mol. The molecule has 1 aromatic rings. The van der Waals surface area contributed by atoms with E-state index < -0.39 is 29.1 Å². The monoisotopic (exact) mass is 325 g/mol. The Morgan fingerprint density at radius 1 is 1.00 bits per heavy atom. The van der Waals surface area contributed by atoms with Crippen LogP contribution in [-0.2, 0) is 29.2 Å². The molecule has 0 radical (unpaired) electrons. The molecule has 0 aromatic carbocycles. The highest BCUT2D eigenvalue weighted by atomic mass is 16.5. The molecule has 0 saturated heterocycles. The normalized spacial score (nSPS) is 12.0. The van der Waals surface area contributed by atoms with Crippen LogP contribution in [0.1, 0.15) is 34.1 Å². The summed E-state index contributed by atoms with van der Waals surface area (Å²) in [5, 5.41) is 0. The van der Waals surface area contributed by atoms with Gasteiger partial charge in [-0.2, -0.15) is 0 Å². The van der Waals surface area contributed by atoms with Crippen molar-refractivity contribution in [2.45, 2.75) is 59.9 Å². The first kappa shape index (κ1) is 18.7. The first-order chi connectivity index (χ1) is 10.8. The Hall–Kier alpha value is -2.38. The van der Waals surface area contributed by atoms with Crippen LogP contribution in [0.3, 0.4) is 0 Å². The Morgan fingerprint density at radius 2 is 1.43 bits per heavy atom. The van der Waals surface area contributed by atoms with Gasteiger partial charge < -0.3 is 4.74 Å². The van der Waals surface area contributed by atoms with Crippen molar-refractivity contribution in [1.29, 1.82) is 0 Å². The second kappa shape index (κ2) is 7.75. The predicted molar refractivity (Wildman–Crippen MR) is 85.6 cm³/mol. The molecule has 1 rings (SSSR count). The standard InChI is InChI=1S/C15H23N3O5/c1-6-11(23-12(19)10(4)5)9-18-14(21)16(7-2)13(20)17(8-3)15(18)22/h11H,4,6-9H2,1-3,5H3. The summed E-state index contributed by atoms with van der Waals surface area (Å²) in [4.78, 5) is 48.4. The van der Waals surface area contributed by atoms with E-state index in [-0.39, 0.29) is 25.2 Å². The molecule has 1 aromatic heterocycles. The molecule has 0 bridgehead atoms. The molecule has 128 valence electrons. The van der Waals surface area contributed by atoms with E-state index in [1.54, 1.807) is 20.8 Å². The summed E-state index contributed by atoms with van der Waals surface area (Å²) in [6, 6.07) is 0. The third-order valence-electron chi connectivity index (χ3n) is 3.48. The van der Waals surface area contributed by atoms with E-state index in [9.17, 15) is 19.2 Å². The first-order valence-electron chi connectivity index (χ1n) is 7.59. The number of carbonyl (C=O) groups is 1. The van der Waals surface area contributed by atoms with Crippen molar-refractivity contribution < 1.29 is 9.53 Å². The van der Waals surface area contributed by atoms with Crippen molar-refractivity contribution in [2.24, 2.45) is 0 Å². The lowest BCUT2D eigenvalue weighted by atomic mass is 10.2. The lowest BCUT2D eigenvalue weighted by Crippen LogP contribution is -2.55. The summed E-state index contributed by atoms with van der Waals surface area (Å²) in [5.41, 5.74) is -1.79. The Balaban J connectivity index is 3.34. The number of carbonyl (C=O) groups excluding carboxylic acids is 1. The molecular formula is C15H23N3O5. The van der Waals surface area contributed by atoms with E-state index in [0.717, 1.165) is 13.7 Å². The van der Waals surface area contributed by atoms with Crippen molar-refractivity contribution in [3.05, 3.63) is 43.6 Å². The summed E-state index contributed by atoms with van der Waals surface area (Å²) in [6.45, 7) is 10.3. The molecule has 1 atom stereocenters. The van der Waals surface area contributed by atoms with Crippen LogP contribution in [-0.4, -0.2) is 25.8 Å². The fraction of sp³-hybridized carbons (Fsp3) is 0.600. The highest BCUT2D eigenvalue weighted by Gasteiger charge is 2.19. The highest BCUT2D eigenvalue weighted by Crippen LogP contribution is 2.04. The largest absolute Gasteiger partial charge is 0.457 e. The SMILES string of the molecule is C=C(C)C(=O)OC(CC)Cn1c(=O)n(CC)c(=O)n(CC)c1=O. The van der Waals surface area contributed by atoms with Crippen LogP contribution in [0.2, 0.25) is 0 Å². The van der Waals surface area contributed by atoms with Crippen molar-refractivity contribution in [3.63, 3.8) is 0 Å². The number of aromatic nitrogens is 3. The van der Waals surface area contributed by atoms with Crippen molar-refractivity contribution in [1.82, 2.24) is 13.7 Å². The maximum absolute atomic E-state index is 12.3. The number of rotatable bonds is 7. The Morgan fingerprint density at radius 3 is 1.78 bits per heavy atom. The minimum Gasteiger partial charge on any atom is -0.457 e. The number of hydrogen-bond acceptors (Lipinski definition) is 5. The van der Waals surface area contributed by atoms with E-state index >= 15 is 0 Å². The number of nitrogens with zero attached hydrogens (tertiary/aromatic N) is 3. The quantitative estimate of drug-likeness (QED) is 0.524. The van der Waals surface area contributed by atoms with Gasteiger partial charge in [-0.3, -0.25) is 0 Å². The van der Waals surface area contributed by atoms with Crippen molar-refractivity contribution in [3.8, 4) is 0 Å². The average Bonchev–Trinajstić information content (AvgIpc) is 2.50. The summed E-state index contributed by atoms with van der Waals surface area (Å²) in [7, 11) is 0. The van der Waals surface area contributed by atoms with Gasteiger partial charge in [0.25, 0.3) is 0 Å². The van der Waals surface area contributed by atoms with Gasteiger partial charge in [-0.15, -0.1) is 0 Å². The topological polar surface area (TPSA) is 92.3 Å². The molecule has 0 saturated carbocycles. The van der Waals surface area contributed by atoms with E-state index in [4.69, 9.17) is 4.74 Å². The predicted octanol–water partition coefficient (Wildman–Crippen LogP) is 0.109. The van der Waals surface area contributed by atoms with Gasteiger partial charge in [-0.25, -0.2) is 32.9 Å². The summed E-state index contributed by atoms with van der Waals surface area (Å²) < 4.78 is 8.13. The molecule has 0 aliphatic carbocycles. The van der Waals surface area contributed by atoms with Gasteiger partial charge in [0.1, 0.15) is 6.10 Å². The maximum atomic E-state index is 12.3.